The maximum Gasteiger partial charge on any atom is 0.221 e. The van der Waals surface area contributed by atoms with Crippen LogP contribution in [0.4, 0.5) is 0 Å². The lowest BCUT2D eigenvalue weighted by atomic mass is 9.97. The Labute approximate surface area is 119 Å². The number of nitrogens with zero attached hydrogens (tertiary/aromatic N) is 1. The molecule has 1 atom stereocenters. The second-order valence-corrected chi connectivity index (χ2v) is 5.45. The maximum atomic E-state index is 12.2. The van der Waals surface area contributed by atoms with Crippen molar-refractivity contribution in [1.82, 2.24) is 4.90 Å². The molecule has 1 amide bonds. The van der Waals surface area contributed by atoms with Crippen molar-refractivity contribution < 1.29 is 9.59 Å². The topological polar surface area (TPSA) is 63.4 Å². The van der Waals surface area contributed by atoms with E-state index in [-0.39, 0.29) is 17.6 Å². The molecule has 0 aromatic heterocycles. The minimum Gasteiger partial charge on any atom is -0.369 e. The van der Waals surface area contributed by atoms with Gasteiger partial charge in [0.05, 0.1) is 12.5 Å². The third-order valence-corrected chi connectivity index (χ3v) is 3.96. The number of hydrogen-bond acceptors (Lipinski definition) is 3. The van der Waals surface area contributed by atoms with Gasteiger partial charge in [0.2, 0.25) is 5.91 Å². The van der Waals surface area contributed by atoms with E-state index in [1.165, 1.54) is 5.56 Å². The maximum absolute atomic E-state index is 12.2. The monoisotopic (exact) mass is 274 g/mol. The molecule has 1 fully saturated rings. The number of carbonyl (C=O) groups excluding carboxylic acids is 2. The molecule has 4 nitrogen and oxygen atoms in total. The fourth-order valence-electron chi connectivity index (χ4n) is 2.65. The Morgan fingerprint density at radius 2 is 2.00 bits per heavy atom. The second-order valence-electron chi connectivity index (χ2n) is 5.45. The van der Waals surface area contributed by atoms with Crippen molar-refractivity contribution in [3.63, 3.8) is 0 Å². The summed E-state index contributed by atoms with van der Waals surface area (Å²) in [6.45, 7) is 3.93. The van der Waals surface area contributed by atoms with Crippen LogP contribution >= 0.6 is 0 Å². The Hall–Kier alpha value is -1.68. The van der Waals surface area contributed by atoms with Gasteiger partial charge in [-0.25, -0.2) is 0 Å². The number of likely N-dealkylation sites (tertiary alicyclic amines) is 1. The number of carbonyl (C=O) groups is 2. The van der Waals surface area contributed by atoms with E-state index in [1.54, 1.807) is 0 Å². The Kier molecular flexibility index (Phi) is 4.90. The second kappa shape index (κ2) is 6.66. The first kappa shape index (κ1) is 14.7. The summed E-state index contributed by atoms with van der Waals surface area (Å²) in [6.07, 6.45) is 2.74. The first-order valence-corrected chi connectivity index (χ1v) is 7.24. The van der Waals surface area contributed by atoms with E-state index in [4.69, 9.17) is 5.73 Å². The summed E-state index contributed by atoms with van der Waals surface area (Å²) in [4.78, 5) is 25.5. The molecule has 1 aromatic rings. The van der Waals surface area contributed by atoms with Crippen LogP contribution in [0.3, 0.4) is 0 Å². The fourth-order valence-corrected chi connectivity index (χ4v) is 2.65. The third-order valence-electron chi connectivity index (χ3n) is 3.96. The van der Waals surface area contributed by atoms with Gasteiger partial charge >= 0.3 is 0 Å². The van der Waals surface area contributed by atoms with Gasteiger partial charge in [-0.15, -0.1) is 0 Å². The van der Waals surface area contributed by atoms with Crippen molar-refractivity contribution >= 4 is 11.7 Å². The Balaban J connectivity index is 1.94. The molecule has 20 heavy (non-hydrogen) atoms. The molecular formula is C16H22N2O2. The summed E-state index contributed by atoms with van der Waals surface area (Å²) in [6, 6.07) is 7.76. The zero-order chi connectivity index (χ0) is 14.5. The van der Waals surface area contributed by atoms with Crippen LogP contribution in [-0.2, 0) is 11.2 Å². The molecule has 0 bridgehead atoms. The number of Topliss-reactive ketones (excluding diaryl/α,β-unsaturated/α-hetero) is 1. The molecule has 108 valence electrons. The van der Waals surface area contributed by atoms with Crippen molar-refractivity contribution in [3.8, 4) is 0 Å². The molecular weight excluding hydrogens is 252 g/mol. The van der Waals surface area contributed by atoms with Crippen LogP contribution in [0.1, 0.15) is 35.7 Å². The number of aryl methyl sites for hydroxylation is 1. The molecule has 0 saturated carbocycles. The number of ketones is 1. The van der Waals surface area contributed by atoms with Crippen LogP contribution in [-0.4, -0.2) is 36.2 Å². The van der Waals surface area contributed by atoms with E-state index in [9.17, 15) is 9.59 Å². The Morgan fingerprint density at radius 1 is 1.30 bits per heavy atom. The minimum atomic E-state index is -0.255. The molecule has 1 heterocycles. The highest BCUT2D eigenvalue weighted by Gasteiger charge is 2.25. The molecule has 1 aliphatic rings. The summed E-state index contributed by atoms with van der Waals surface area (Å²) < 4.78 is 0. The summed E-state index contributed by atoms with van der Waals surface area (Å²) >= 11 is 0. The average molecular weight is 274 g/mol. The van der Waals surface area contributed by atoms with Crippen LogP contribution in [0, 0.1) is 5.92 Å². The number of nitrogens with two attached hydrogens (primary N) is 1. The minimum absolute atomic E-state index is 0.109. The summed E-state index contributed by atoms with van der Waals surface area (Å²) in [5.74, 6) is -0.258. The molecule has 1 aliphatic heterocycles. The Morgan fingerprint density at radius 3 is 2.60 bits per heavy atom. The van der Waals surface area contributed by atoms with Gasteiger partial charge < -0.3 is 5.73 Å². The van der Waals surface area contributed by atoms with Gasteiger partial charge in [-0.1, -0.05) is 31.2 Å². The number of rotatable bonds is 5. The highest BCUT2D eigenvalue weighted by Crippen LogP contribution is 2.16. The van der Waals surface area contributed by atoms with E-state index in [0.717, 1.165) is 31.4 Å². The highest BCUT2D eigenvalue weighted by atomic mass is 16.1. The lowest BCUT2D eigenvalue weighted by Crippen LogP contribution is -2.43. The number of benzene rings is 1. The van der Waals surface area contributed by atoms with E-state index in [2.05, 4.69) is 6.92 Å². The predicted octanol–water partition coefficient (Wildman–Crippen LogP) is 1.63. The van der Waals surface area contributed by atoms with Gasteiger partial charge in [-0.2, -0.15) is 0 Å². The number of primary amides is 1. The normalized spacial score (nSPS) is 19.8. The van der Waals surface area contributed by atoms with Crippen molar-refractivity contribution in [2.24, 2.45) is 11.7 Å². The van der Waals surface area contributed by atoms with Crippen LogP contribution in [0.25, 0.3) is 0 Å². The molecule has 2 N–H and O–H groups in total. The van der Waals surface area contributed by atoms with E-state index in [0.29, 0.717) is 13.1 Å². The van der Waals surface area contributed by atoms with Crippen LogP contribution < -0.4 is 5.73 Å². The summed E-state index contributed by atoms with van der Waals surface area (Å²) in [5, 5.41) is 0. The fraction of sp³-hybridized carbons (Fsp3) is 0.500. The first-order chi connectivity index (χ1) is 9.60. The third kappa shape index (κ3) is 3.67. The van der Waals surface area contributed by atoms with Gasteiger partial charge in [-0.05, 0) is 31.4 Å². The van der Waals surface area contributed by atoms with Crippen molar-refractivity contribution in [2.45, 2.75) is 26.2 Å². The smallest absolute Gasteiger partial charge is 0.221 e. The number of amides is 1. The van der Waals surface area contributed by atoms with Crippen LogP contribution in [0.5, 0.6) is 0 Å². The lowest BCUT2D eigenvalue weighted by molar-refractivity contribution is -0.123. The number of hydrogen-bond donors (Lipinski definition) is 1. The van der Waals surface area contributed by atoms with Crippen LogP contribution in [0.2, 0.25) is 0 Å². The molecule has 4 heteroatoms. The van der Waals surface area contributed by atoms with E-state index < -0.39 is 0 Å². The SMILES string of the molecule is CCc1ccc(C(=O)CN2CCCC(C(N)=O)C2)cc1. The molecule has 1 saturated heterocycles. The largest absolute Gasteiger partial charge is 0.369 e. The van der Waals surface area contributed by atoms with Gasteiger partial charge in [-0.3, -0.25) is 14.5 Å². The molecule has 2 rings (SSSR count). The van der Waals surface area contributed by atoms with Gasteiger partial charge in [0.1, 0.15) is 0 Å². The summed E-state index contributed by atoms with van der Waals surface area (Å²) in [5.41, 5.74) is 7.32. The molecule has 1 unspecified atom stereocenters. The zero-order valence-electron chi connectivity index (χ0n) is 12.0. The molecule has 0 aliphatic carbocycles. The quantitative estimate of drug-likeness (QED) is 0.830. The molecule has 0 spiro atoms. The van der Waals surface area contributed by atoms with Crippen molar-refractivity contribution in [2.75, 3.05) is 19.6 Å². The standard InChI is InChI=1S/C16H22N2O2/c1-2-12-5-7-13(8-6-12)15(19)11-18-9-3-4-14(10-18)16(17)20/h5-8,14H,2-4,9-11H2,1H3,(H2,17,20). The van der Waals surface area contributed by atoms with Crippen molar-refractivity contribution in [3.05, 3.63) is 35.4 Å². The average Bonchev–Trinajstić information content (AvgIpc) is 2.47. The van der Waals surface area contributed by atoms with Gasteiger partial charge in [0, 0.05) is 12.1 Å². The summed E-state index contributed by atoms with van der Waals surface area (Å²) in [7, 11) is 0. The number of piperidine rings is 1. The highest BCUT2D eigenvalue weighted by molar-refractivity contribution is 5.97. The van der Waals surface area contributed by atoms with Crippen molar-refractivity contribution in [1.29, 1.82) is 0 Å². The first-order valence-electron chi connectivity index (χ1n) is 7.24. The van der Waals surface area contributed by atoms with E-state index in [1.807, 2.05) is 29.2 Å². The Bertz CT molecular complexity index is 482. The predicted molar refractivity (Wildman–Crippen MR) is 78.5 cm³/mol. The van der Waals surface area contributed by atoms with Crippen LogP contribution in [0.15, 0.2) is 24.3 Å². The van der Waals surface area contributed by atoms with Gasteiger partial charge in [0.25, 0.3) is 0 Å². The molecule has 1 aromatic carbocycles. The van der Waals surface area contributed by atoms with Gasteiger partial charge in [0.15, 0.2) is 5.78 Å². The lowest BCUT2D eigenvalue weighted by Gasteiger charge is -2.30. The zero-order valence-corrected chi connectivity index (χ0v) is 12.0. The molecule has 0 radical (unpaired) electrons. The van der Waals surface area contributed by atoms with E-state index >= 15 is 0 Å².